The van der Waals surface area contributed by atoms with Crippen molar-refractivity contribution < 1.29 is 32.6 Å². The summed E-state index contributed by atoms with van der Waals surface area (Å²) in [6.07, 6.45) is -4.42. The highest BCUT2D eigenvalue weighted by atomic mass is 35.5. The Labute approximate surface area is 171 Å². The van der Waals surface area contributed by atoms with Crippen molar-refractivity contribution in [2.45, 2.75) is 19.1 Å². The van der Waals surface area contributed by atoms with Crippen LogP contribution in [0.25, 0.3) is 10.9 Å². The van der Waals surface area contributed by atoms with Gasteiger partial charge in [-0.2, -0.15) is 13.2 Å². The Bertz CT molecular complexity index is 1200. The average Bonchev–Trinajstić information content (AvgIpc) is 2.66. The van der Waals surface area contributed by atoms with E-state index in [0.717, 1.165) is 22.9 Å². The Morgan fingerprint density at radius 1 is 1.20 bits per heavy atom. The van der Waals surface area contributed by atoms with Crippen LogP contribution in [-0.2, 0) is 19.1 Å². The number of hydrogen-bond donors (Lipinski definition) is 2. The minimum Gasteiger partial charge on any atom is -0.477 e. The molecule has 0 spiro atoms. The number of alkyl halides is 3. The normalized spacial score (nSPS) is 11.8. The summed E-state index contributed by atoms with van der Waals surface area (Å²) in [5.74, 6) is -2.42. The summed E-state index contributed by atoms with van der Waals surface area (Å²) in [6.45, 7) is -0.938. The average molecular weight is 444 g/mol. The van der Waals surface area contributed by atoms with Gasteiger partial charge in [0.05, 0.1) is 22.7 Å². The van der Waals surface area contributed by atoms with Crippen molar-refractivity contribution in [2.75, 3.05) is 6.61 Å². The Hall–Kier alpha value is -2.91. The van der Waals surface area contributed by atoms with E-state index in [4.69, 9.17) is 11.6 Å². The van der Waals surface area contributed by atoms with Crippen LogP contribution in [0.4, 0.5) is 17.6 Å². The summed E-state index contributed by atoms with van der Waals surface area (Å²) in [5, 5.41) is 17.8. The number of carboxylic acid groups (broad SMARTS) is 1. The van der Waals surface area contributed by atoms with Crippen LogP contribution >= 0.6 is 11.6 Å². The fraction of sp³-hybridized carbons (Fsp3) is 0.200. The van der Waals surface area contributed by atoms with Crippen molar-refractivity contribution in [1.29, 1.82) is 0 Å². The zero-order chi connectivity index (χ0) is 22.2. The third-order valence-corrected chi connectivity index (χ3v) is 4.83. The minimum atomic E-state index is -4.89. The molecule has 0 aliphatic heterocycles. The lowest BCUT2D eigenvalue weighted by atomic mass is 9.97. The highest BCUT2D eigenvalue weighted by Crippen LogP contribution is 2.36. The van der Waals surface area contributed by atoms with Gasteiger partial charge < -0.3 is 14.8 Å². The molecular weight excluding hydrogens is 430 g/mol. The molecule has 0 radical (unpaired) electrons. The zero-order valence-corrected chi connectivity index (χ0v) is 15.9. The molecule has 0 aliphatic carbocycles. The molecular formula is C20H14ClF4NO4. The molecule has 1 heterocycles. The summed E-state index contributed by atoms with van der Waals surface area (Å²) in [5.41, 5.74) is -3.63. The second-order valence-electron chi connectivity index (χ2n) is 6.52. The monoisotopic (exact) mass is 443 g/mol. The summed E-state index contributed by atoms with van der Waals surface area (Å²) < 4.78 is 56.5. The first-order chi connectivity index (χ1) is 14.0. The molecule has 0 aliphatic rings. The van der Waals surface area contributed by atoms with E-state index < -0.39 is 52.0 Å². The summed E-state index contributed by atoms with van der Waals surface area (Å²) in [6, 6.07) is 5.94. The van der Waals surface area contributed by atoms with Gasteiger partial charge in [0, 0.05) is 24.5 Å². The van der Waals surface area contributed by atoms with Crippen LogP contribution in [0, 0.1) is 5.82 Å². The Morgan fingerprint density at radius 3 is 2.50 bits per heavy atom. The number of rotatable bonds is 5. The highest BCUT2D eigenvalue weighted by Gasteiger charge is 2.35. The number of carbonyl (C=O) groups is 1. The Balaban J connectivity index is 2.36. The molecule has 3 aromatic rings. The molecule has 0 amide bonds. The summed E-state index contributed by atoms with van der Waals surface area (Å²) >= 11 is 5.72. The van der Waals surface area contributed by atoms with Gasteiger partial charge in [0.25, 0.3) is 0 Å². The van der Waals surface area contributed by atoms with Crippen molar-refractivity contribution in [3.63, 3.8) is 0 Å². The van der Waals surface area contributed by atoms with E-state index in [0.29, 0.717) is 0 Å². The minimum absolute atomic E-state index is 0.0139. The number of aliphatic hydroxyl groups is 1. The molecule has 0 fully saturated rings. The number of fused-ring (bicyclic) bond motifs is 1. The maximum absolute atomic E-state index is 14.2. The third kappa shape index (κ3) is 4.03. The molecule has 30 heavy (non-hydrogen) atoms. The van der Waals surface area contributed by atoms with Gasteiger partial charge in [-0.3, -0.25) is 4.79 Å². The SMILES string of the molecule is O=C(O)c1cn(CCO)c2c(C(F)(F)F)cc(Cc3cccc(Cl)c3F)cc2c1=O. The van der Waals surface area contributed by atoms with Gasteiger partial charge in [-0.15, -0.1) is 0 Å². The van der Waals surface area contributed by atoms with Gasteiger partial charge in [0.2, 0.25) is 5.43 Å². The van der Waals surface area contributed by atoms with Crippen LogP contribution in [0.3, 0.4) is 0 Å². The molecule has 3 rings (SSSR count). The third-order valence-electron chi connectivity index (χ3n) is 4.53. The number of aliphatic hydroxyl groups excluding tert-OH is 1. The highest BCUT2D eigenvalue weighted by molar-refractivity contribution is 6.30. The van der Waals surface area contributed by atoms with Crippen molar-refractivity contribution in [3.05, 3.63) is 79.8 Å². The van der Waals surface area contributed by atoms with Gasteiger partial charge >= 0.3 is 12.1 Å². The largest absolute Gasteiger partial charge is 0.477 e. The van der Waals surface area contributed by atoms with Crippen LogP contribution in [0.1, 0.15) is 27.0 Å². The fourth-order valence-electron chi connectivity index (χ4n) is 3.26. The summed E-state index contributed by atoms with van der Waals surface area (Å²) in [7, 11) is 0. The van der Waals surface area contributed by atoms with Crippen molar-refractivity contribution in [3.8, 4) is 0 Å². The summed E-state index contributed by atoms with van der Waals surface area (Å²) in [4.78, 5) is 24.0. The molecule has 0 unspecified atom stereocenters. The number of aromatic carboxylic acids is 1. The molecule has 10 heteroatoms. The van der Waals surface area contributed by atoms with Crippen LogP contribution in [-0.4, -0.2) is 27.4 Å². The molecule has 1 aromatic heterocycles. The first-order valence-electron chi connectivity index (χ1n) is 8.59. The lowest BCUT2D eigenvalue weighted by Crippen LogP contribution is -2.22. The van der Waals surface area contributed by atoms with Crippen molar-refractivity contribution in [2.24, 2.45) is 0 Å². The molecule has 2 aromatic carbocycles. The zero-order valence-electron chi connectivity index (χ0n) is 15.1. The molecule has 0 bridgehead atoms. The number of benzene rings is 2. The van der Waals surface area contributed by atoms with E-state index in [9.17, 15) is 37.4 Å². The number of carboxylic acids is 1. The molecule has 0 saturated carbocycles. The van der Waals surface area contributed by atoms with E-state index in [-0.39, 0.29) is 29.1 Å². The van der Waals surface area contributed by atoms with Gasteiger partial charge in [0.1, 0.15) is 11.4 Å². The maximum Gasteiger partial charge on any atom is 0.418 e. The first-order valence-corrected chi connectivity index (χ1v) is 8.96. The maximum atomic E-state index is 14.2. The Morgan fingerprint density at radius 2 is 1.90 bits per heavy atom. The van der Waals surface area contributed by atoms with Crippen molar-refractivity contribution >= 4 is 28.5 Å². The molecule has 0 saturated heterocycles. The van der Waals surface area contributed by atoms with E-state index in [1.807, 2.05) is 0 Å². The second-order valence-corrected chi connectivity index (χ2v) is 6.93. The lowest BCUT2D eigenvalue weighted by Gasteiger charge is -2.18. The Kier molecular flexibility index (Phi) is 5.87. The van der Waals surface area contributed by atoms with Crippen LogP contribution < -0.4 is 5.43 Å². The van der Waals surface area contributed by atoms with E-state index in [1.54, 1.807) is 0 Å². The number of hydrogen-bond acceptors (Lipinski definition) is 3. The number of aromatic nitrogens is 1. The first kappa shape index (κ1) is 21.8. The second kappa shape index (κ2) is 8.08. The number of halogens is 5. The van der Waals surface area contributed by atoms with Gasteiger partial charge in [-0.05, 0) is 29.3 Å². The van der Waals surface area contributed by atoms with Crippen LogP contribution in [0.2, 0.25) is 5.02 Å². The van der Waals surface area contributed by atoms with E-state index >= 15 is 0 Å². The molecule has 2 N–H and O–H groups in total. The smallest absolute Gasteiger partial charge is 0.418 e. The van der Waals surface area contributed by atoms with Gasteiger partial charge in [-0.25, -0.2) is 9.18 Å². The predicted molar refractivity (Wildman–Crippen MR) is 101 cm³/mol. The van der Waals surface area contributed by atoms with E-state index in [1.165, 1.54) is 18.2 Å². The topological polar surface area (TPSA) is 79.5 Å². The number of nitrogens with zero attached hydrogens (tertiary/aromatic N) is 1. The molecule has 158 valence electrons. The quantitative estimate of drug-likeness (QED) is 0.582. The lowest BCUT2D eigenvalue weighted by molar-refractivity contribution is -0.136. The standard InChI is InChI=1S/C20H14ClF4NO4/c21-15-3-1-2-11(16(15)22)6-10-7-12-17(14(8-10)20(23,24)25)26(4-5-27)9-13(18(12)28)19(29)30/h1-3,7-9,27H,4-6H2,(H,29,30). The predicted octanol–water partition coefficient (Wildman–Crippen LogP) is 4.09. The van der Waals surface area contributed by atoms with Crippen LogP contribution in [0.5, 0.6) is 0 Å². The fourth-order valence-corrected chi connectivity index (χ4v) is 3.45. The molecule has 5 nitrogen and oxygen atoms in total. The van der Waals surface area contributed by atoms with Gasteiger partial charge in [-0.1, -0.05) is 23.7 Å². The van der Waals surface area contributed by atoms with Crippen molar-refractivity contribution in [1.82, 2.24) is 4.57 Å². The van der Waals surface area contributed by atoms with Gasteiger partial charge in [0.15, 0.2) is 0 Å². The number of pyridine rings is 1. The molecule has 0 atom stereocenters. The van der Waals surface area contributed by atoms with E-state index in [2.05, 4.69) is 0 Å². The van der Waals surface area contributed by atoms with Crippen LogP contribution in [0.15, 0.2) is 41.3 Å².